The highest BCUT2D eigenvalue weighted by molar-refractivity contribution is 5.16. The Labute approximate surface area is 122 Å². The minimum atomic E-state index is 0.230. The fraction of sp³-hybridized carbons (Fsp3) is 0.706. The van der Waals surface area contributed by atoms with E-state index in [0.717, 1.165) is 18.1 Å². The summed E-state index contributed by atoms with van der Waals surface area (Å²) in [5.74, 6) is 2.06. The van der Waals surface area contributed by atoms with Gasteiger partial charge in [-0.25, -0.2) is 0 Å². The lowest BCUT2D eigenvalue weighted by Crippen LogP contribution is -2.42. The molecule has 0 amide bonds. The Morgan fingerprint density at radius 2 is 2.20 bits per heavy atom. The van der Waals surface area contributed by atoms with Gasteiger partial charge in [0.25, 0.3) is 0 Å². The lowest BCUT2D eigenvalue weighted by atomic mass is 9.66. The maximum absolute atomic E-state index is 6.19. The van der Waals surface area contributed by atoms with Crippen molar-refractivity contribution in [3.63, 3.8) is 0 Å². The fourth-order valence-corrected chi connectivity index (χ4v) is 3.20. The summed E-state index contributed by atoms with van der Waals surface area (Å²) in [6.45, 7) is 7.75. The van der Waals surface area contributed by atoms with Crippen LogP contribution in [0.1, 0.15) is 46.5 Å². The molecule has 3 nitrogen and oxygen atoms in total. The monoisotopic (exact) mass is 276 g/mol. The molecule has 1 aliphatic carbocycles. The van der Waals surface area contributed by atoms with E-state index < -0.39 is 0 Å². The van der Waals surface area contributed by atoms with Crippen molar-refractivity contribution in [2.45, 2.75) is 52.6 Å². The Bertz CT molecular complexity index is 405. The van der Waals surface area contributed by atoms with Crippen molar-refractivity contribution in [3.05, 3.63) is 24.5 Å². The second-order valence-corrected chi connectivity index (χ2v) is 6.69. The first-order chi connectivity index (χ1) is 9.56. The van der Waals surface area contributed by atoms with E-state index >= 15 is 0 Å². The van der Waals surface area contributed by atoms with Crippen molar-refractivity contribution in [1.29, 1.82) is 0 Å². The second kappa shape index (κ2) is 6.57. The number of pyridine rings is 1. The van der Waals surface area contributed by atoms with Crippen molar-refractivity contribution in [2.24, 2.45) is 23.0 Å². The van der Waals surface area contributed by atoms with Crippen LogP contribution < -0.4 is 10.5 Å². The van der Waals surface area contributed by atoms with Gasteiger partial charge in [-0.1, -0.05) is 27.2 Å². The molecule has 0 aromatic carbocycles. The smallest absolute Gasteiger partial charge is 0.138 e. The Kier molecular flexibility index (Phi) is 5.03. The first kappa shape index (κ1) is 15.3. The van der Waals surface area contributed by atoms with Crippen molar-refractivity contribution in [3.8, 4) is 5.75 Å². The minimum absolute atomic E-state index is 0.230. The van der Waals surface area contributed by atoms with Crippen LogP contribution in [0.25, 0.3) is 0 Å². The zero-order valence-electron chi connectivity index (χ0n) is 13.0. The molecule has 1 fully saturated rings. The van der Waals surface area contributed by atoms with Gasteiger partial charge in [0.1, 0.15) is 11.9 Å². The van der Waals surface area contributed by atoms with Crippen LogP contribution in [0.15, 0.2) is 24.5 Å². The maximum atomic E-state index is 6.19. The molecule has 1 aliphatic rings. The van der Waals surface area contributed by atoms with Crippen LogP contribution in [-0.4, -0.2) is 17.6 Å². The van der Waals surface area contributed by atoms with Crippen LogP contribution in [0.4, 0.5) is 0 Å². The lowest BCUT2D eigenvalue weighted by Gasteiger charge is -2.42. The van der Waals surface area contributed by atoms with Crippen molar-refractivity contribution in [1.82, 2.24) is 4.98 Å². The molecule has 0 spiro atoms. The van der Waals surface area contributed by atoms with E-state index in [1.807, 2.05) is 12.1 Å². The summed E-state index contributed by atoms with van der Waals surface area (Å²) in [6.07, 6.45) is 8.57. The first-order valence-electron chi connectivity index (χ1n) is 7.83. The molecule has 0 saturated heterocycles. The number of nitrogens with two attached hydrogens (primary N) is 1. The van der Waals surface area contributed by atoms with Crippen LogP contribution in [0, 0.1) is 17.3 Å². The highest BCUT2D eigenvalue weighted by Crippen LogP contribution is 2.42. The van der Waals surface area contributed by atoms with Gasteiger partial charge >= 0.3 is 0 Å². The molecule has 3 unspecified atom stereocenters. The summed E-state index contributed by atoms with van der Waals surface area (Å²) in [5.41, 5.74) is 6.32. The largest absolute Gasteiger partial charge is 0.488 e. The molecule has 1 saturated carbocycles. The zero-order chi connectivity index (χ0) is 14.6. The van der Waals surface area contributed by atoms with Crippen molar-refractivity contribution in [2.75, 3.05) is 6.54 Å². The molecule has 3 heteroatoms. The molecule has 20 heavy (non-hydrogen) atoms. The van der Waals surface area contributed by atoms with Gasteiger partial charge in [-0.2, -0.15) is 0 Å². The van der Waals surface area contributed by atoms with E-state index in [0.29, 0.717) is 17.9 Å². The lowest BCUT2D eigenvalue weighted by molar-refractivity contribution is 0.0257. The summed E-state index contributed by atoms with van der Waals surface area (Å²) >= 11 is 0. The average Bonchev–Trinajstić information content (AvgIpc) is 2.48. The molecule has 1 heterocycles. The number of rotatable bonds is 5. The van der Waals surface area contributed by atoms with Crippen molar-refractivity contribution >= 4 is 0 Å². The van der Waals surface area contributed by atoms with Crippen LogP contribution in [-0.2, 0) is 0 Å². The van der Waals surface area contributed by atoms with Crippen molar-refractivity contribution < 1.29 is 4.74 Å². The quantitative estimate of drug-likeness (QED) is 0.893. The molecule has 0 radical (unpaired) electrons. The van der Waals surface area contributed by atoms with Crippen LogP contribution in [0.2, 0.25) is 0 Å². The molecule has 3 atom stereocenters. The second-order valence-electron chi connectivity index (χ2n) is 6.69. The Morgan fingerprint density at radius 1 is 1.40 bits per heavy atom. The third-order valence-corrected chi connectivity index (χ3v) is 5.17. The number of hydrogen-bond acceptors (Lipinski definition) is 3. The molecule has 1 aromatic rings. The molecule has 2 rings (SSSR count). The minimum Gasteiger partial charge on any atom is -0.488 e. The first-order valence-corrected chi connectivity index (χ1v) is 7.83. The van der Waals surface area contributed by atoms with E-state index in [2.05, 4.69) is 25.8 Å². The highest BCUT2D eigenvalue weighted by Gasteiger charge is 2.37. The number of aromatic nitrogens is 1. The van der Waals surface area contributed by atoms with Gasteiger partial charge in [-0.3, -0.25) is 4.98 Å². The molecule has 2 N–H and O–H groups in total. The molecule has 0 aliphatic heterocycles. The summed E-state index contributed by atoms with van der Waals surface area (Å²) in [6, 6.07) is 3.90. The summed E-state index contributed by atoms with van der Waals surface area (Å²) in [4.78, 5) is 4.13. The molecule has 0 bridgehead atoms. The van der Waals surface area contributed by atoms with Gasteiger partial charge in [-0.15, -0.1) is 0 Å². The third kappa shape index (κ3) is 3.51. The topological polar surface area (TPSA) is 48.1 Å². The molecular formula is C17H28N2O. The van der Waals surface area contributed by atoms with Crippen LogP contribution in [0.5, 0.6) is 5.75 Å². The number of nitrogens with zero attached hydrogens (tertiary/aromatic N) is 1. The predicted octanol–water partition coefficient (Wildman–Crippen LogP) is 3.64. The zero-order valence-corrected chi connectivity index (χ0v) is 13.0. The van der Waals surface area contributed by atoms with Crippen LogP contribution >= 0.6 is 0 Å². The van der Waals surface area contributed by atoms with Gasteiger partial charge in [0, 0.05) is 12.1 Å². The normalized spacial score (nSPS) is 27.3. The van der Waals surface area contributed by atoms with Crippen LogP contribution in [0.3, 0.4) is 0 Å². The van der Waals surface area contributed by atoms with Gasteiger partial charge in [0.2, 0.25) is 0 Å². The van der Waals surface area contributed by atoms with Gasteiger partial charge < -0.3 is 10.5 Å². The molecule has 112 valence electrons. The van der Waals surface area contributed by atoms with E-state index in [-0.39, 0.29) is 6.10 Å². The predicted molar refractivity (Wildman–Crippen MR) is 82.6 cm³/mol. The SMILES string of the molecule is CCC(C)(C)C1CCC(CN)C(Oc2cccnc2)C1. The van der Waals surface area contributed by atoms with E-state index in [1.165, 1.54) is 19.3 Å². The van der Waals surface area contributed by atoms with E-state index in [4.69, 9.17) is 10.5 Å². The van der Waals surface area contributed by atoms with E-state index in [1.54, 1.807) is 12.4 Å². The standard InChI is InChI=1S/C17H28N2O/c1-4-17(2,3)14-8-7-13(11-18)16(10-14)20-15-6-5-9-19-12-15/h5-6,9,12-14,16H,4,7-8,10-11,18H2,1-3H3. The van der Waals surface area contributed by atoms with E-state index in [9.17, 15) is 0 Å². The molecule has 1 aromatic heterocycles. The maximum Gasteiger partial charge on any atom is 0.138 e. The average molecular weight is 276 g/mol. The van der Waals surface area contributed by atoms with Gasteiger partial charge in [-0.05, 0) is 49.3 Å². The van der Waals surface area contributed by atoms with Gasteiger partial charge in [0.05, 0.1) is 6.20 Å². The third-order valence-electron chi connectivity index (χ3n) is 5.17. The Hall–Kier alpha value is -1.09. The summed E-state index contributed by atoms with van der Waals surface area (Å²) in [5, 5.41) is 0. The Balaban J connectivity index is 2.07. The number of ether oxygens (including phenoxy) is 1. The number of hydrogen-bond donors (Lipinski definition) is 1. The fourth-order valence-electron chi connectivity index (χ4n) is 3.20. The summed E-state index contributed by atoms with van der Waals surface area (Å²) in [7, 11) is 0. The van der Waals surface area contributed by atoms with Gasteiger partial charge in [0.15, 0.2) is 0 Å². The Morgan fingerprint density at radius 3 is 2.80 bits per heavy atom. The molecular weight excluding hydrogens is 248 g/mol. The highest BCUT2D eigenvalue weighted by atomic mass is 16.5. The summed E-state index contributed by atoms with van der Waals surface area (Å²) < 4.78 is 6.19.